The smallest absolute Gasteiger partial charge is 0.279 e. The zero-order valence-corrected chi connectivity index (χ0v) is 10.9. The van der Waals surface area contributed by atoms with Crippen molar-refractivity contribution in [1.29, 1.82) is 0 Å². The van der Waals surface area contributed by atoms with Gasteiger partial charge >= 0.3 is 0 Å². The molecule has 19 heavy (non-hydrogen) atoms. The highest BCUT2D eigenvalue weighted by molar-refractivity contribution is 5.35. The maximum atomic E-state index is 11.8. The van der Waals surface area contributed by atoms with Gasteiger partial charge in [0.25, 0.3) is 5.82 Å². The van der Waals surface area contributed by atoms with E-state index in [4.69, 9.17) is 0 Å². The molecule has 0 N–H and O–H groups in total. The summed E-state index contributed by atoms with van der Waals surface area (Å²) >= 11 is 0. The summed E-state index contributed by atoms with van der Waals surface area (Å²) in [5.41, 5.74) is 1.38. The standard InChI is InChI=1S/C16H18N2O/c19-18-12-5-4-10-16(18)17-11-6-9-15(13-17)14-7-2-1-3-8-14/h1-5,7-8,10,12,15H,6,9,11,13H2/t15-/m1/s1. The van der Waals surface area contributed by atoms with E-state index in [-0.39, 0.29) is 0 Å². The number of hydrogen-bond donors (Lipinski definition) is 0. The van der Waals surface area contributed by atoms with E-state index in [9.17, 15) is 5.21 Å². The second kappa shape index (κ2) is 5.31. The molecule has 1 fully saturated rings. The summed E-state index contributed by atoms with van der Waals surface area (Å²) in [6, 6.07) is 16.2. The summed E-state index contributed by atoms with van der Waals surface area (Å²) in [4.78, 5) is 2.20. The molecule has 1 saturated heterocycles. The van der Waals surface area contributed by atoms with Crippen LogP contribution in [0.15, 0.2) is 54.7 Å². The number of hydrogen-bond acceptors (Lipinski definition) is 2. The van der Waals surface area contributed by atoms with Crippen molar-refractivity contribution in [2.45, 2.75) is 18.8 Å². The quantitative estimate of drug-likeness (QED) is 0.609. The number of piperidine rings is 1. The summed E-state index contributed by atoms with van der Waals surface area (Å²) < 4.78 is 0.966. The molecule has 0 amide bonds. The van der Waals surface area contributed by atoms with Gasteiger partial charge in [0.05, 0.1) is 19.3 Å². The van der Waals surface area contributed by atoms with Crippen LogP contribution in [-0.4, -0.2) is 13.1 Å². The Balaban J connectivity index is 1.81. The molecule has 0 saturated carbocycles. The lowest BCUT2D eigenvalue weighted by atomic mass is 9.91. The topological polar surface area (TPSA) is 30.2 Å². The van der Waals surface area contributed by atoms with Crippen molar-refractivity contribution in [3.8, 4) is 0 Å². The van der Waals surface area contributed by atoms with Crippen molar-refractivity contribution in [3.63, 3.8) is 0 Å². The fourth-order valence-corrected chi connectivity index (χ4v) is 2.85. The minimum atomic E-state index is 0.523. The second-order valence-electron chi connectivity index (χ2n) is 5.08. The molecule has 98 valence electrons. The van der Waals surface area contributed by atoms with E-state index in [0.29, 0.717) is 5.92 Å². The van der Waals surface area contributed by atoms with Crippen molar-refractivity contribution in [1.82, 2.24) is 0 Å². The van der Waals surface area contributed by atoms with Crippen LogP contribution in [0.25, 0.3) is 0 Å². The third-order valence-electron chi connectivity index (χ3n) is 3.82. The van der Waals surface area contributed by atoms with Gasteiger partial charge in [-0.25, -0.2) is 4.73 Å². The van der Waals surface area contributed by atoms with Crippen molar-refractivity contribution in [2.75, 3.05) is 18.0 Å². The fraction of sp³-hybridized carbons (Fsp3) is 0.312. The van der Waals surface area contributed by atoms with Crippen molar-refractivity contribution < 1.29 is 4.73 Å². The molecule has 0 aliphatic carbocycles. The zero-order chi connectivity index (χ0) is 13.1. The Morgan fingerprint density at radius 1 is 1.05 bits per heavy atom. The lowest BCUT2D eigenvalue weighted by Gasteiger charge is -2.30. The van der Waals surface area contributed by atoms with Gasteiger partial charge in [0.15, 0.2) is 0 Å². The van der Waals surface area contributed by atoms with Gasteiger partial charge in [-0.15, -0.1) is 0 Å². The first-order valence-corrected chi connectivity index (χ1v) is 6.82. The number of benzene rings is 1. The number of rotatable bonds is 2. The Morgan fingerprint density at radius 2 is 1.84 bits per heavy atom. The maximum Gasteiger partial charge on any atom is 0.279 e. The Labute approximate surface area is 113 Å². The van der Waals surface area contributed by atoms with Crippen molar-refractivity contribution in [2.24, 2.45) is 0 Å². The van der Waals surface area contributed by atoms with Gasteiger partial charge in [0, 0.05) is 12.0 Å². The Hall–Kier alpha value is -2.03. The first-order chi connectivity index (χ1) is 9.34. The van der Waals surface area contributed by atoms with E-state index in [1.807, 2.05) is 18.2 Å². The molecule has 1 aliphatic rings. The highest BCUT2D eigenvalue weighted by Crippen LogP contribution is 2.28. The Kier molecular flexibility index (Phi) is 3.36. The van der Waals surface area contributed by atoms with Crippen molar-refractivity contribution >= 4 is 5.82 Å². The summed E-state index contributed by atoms with van der Waals surface area (Å²) in [5, 5.41) is 11.8. The zero-order valence-electron chi connectivity index (χ0n) is 10.9. The van der Waals surface area contributed by atoms with Crippen LogP contribution >= 0.6 is 0 Å². The molecule has 2 aromatic rings. The van der Waals surface area contributed by atoms with Gasteiger partial charge in [-0.3, -0.25) is 4.90 Å². The van der Waals surface area contributed by atoms with E-state index in [0.717, 1.165) is 30.1 Å². The van der Waals surface area contributed by atoms with Crippen LogP contribution in [0.4, 0.5) is 5.82 Å². The normalized spacial score (nSPS) is 19.4. The third kappa shape index (κ3) is 2.55. The molecule has 0 spiro atoms. The van der Waals surface area contributed by atoms with Gasteiger partial charge in [0.1, 0.15) is 0 Å². The molecule has 2 heterocycles. The first-order valence-electron chi connectivity index (χ1n) is 6.82. The molecule has 3 heteroatoms. The van der Waals surface area contributed by atoms with Gasteiger partial charge in [-0.2, -0.15) is 0 Å². The number of nitrogens with zero attached hydrogens (tertiary/aromatic N) is 2. The summed E-state index contributed by atoms with van der Waals surface area (Å²) in [6.07, 6.45) is 3.90. The lowest BCUT2D eigenvalue weighted by Crippen LogP contribution is -2.42. The molecule has 3 nitrogen and oxygen atoms in total. The van der Waals surface area contributed by atoms with Crippen LogP contribution < -0.4 is 9.63 Å². The second-order valence-corrected chi connectivity index (χ2v) is 5.08. The summed E-state index contributed by atoms with van der Waals surface area (Å²) in [7, 11) is 0. The van der Waals surface area contributed by atoms with Crippen LogP contribution in [0.2, 0.25) is 0 Å². The largest absolute Gasteiger partial charge is 0.711 e. The molecule has 3 rings (SSSR count). The fourth-order valence-electron chi connectivity index (χ4n) is 2.85. The minimum Gasteiger partial charge on any atom is -0.711 e. The summed E-state index contributed by atoms with van der Waals surface area (Å²) in [6.45, 7) is 1.89. The van der Waals surface area contributed by atoms with Crippen LogP contribution in [0, 0.1) is 5.21 Å². The van der Waals surface area contributed by atoms with Gasteiger partial charge in [-0.1, -0.05) is 36.4 Å². The van der Waals surface area contributed by atoms with E-state index in [1.54, 1.807) is 12.3 Å². The predicted molar refractivity (Wildman–Crippen MR) is 76.0 cm³/mol. The van der Waals surface area contributed by atoms with Gasteiger partial charge < -0.3 is 5.21 Å². The summed E-state index contributed by atoms with van der Waals surface area (Å²) in [5.74, 6) is 1.29. The Bertz CT molecular complexity index is 541. The molecule has 1 aromatic heterocycles. The number of anilines is 1. The predicted octanol–water partition coefficient (Wildman–Crippen LogP) is 2.70. The SMILES string of the molecule is [O-][n+]1ccccc1N1CCC[C@@H](c2ccccc2)C1. The van der Waals surface area contributed by atoms with Crippen LogP contribution in [0.5, 0.6) is 0 Å². The van der Waals surface area contributed by atoms with Crippen LogP contribution in [0.1, 0.15) is 24.3 Å². The van der Waals surface area contributed by atoms with E-state index in [1.165, 1.54) is 12.0 Å². The van der Waals surface area contributed by atoms with Crippen LogP contribution in [-0.2, 0) is 0 Å². The molecular weight excluding hydrogens is 236 g/mol. The average molecular weight is 254 g/mol. The molecule has 1 atom stereocenters. The lowest BCUT2D eigenvalue weighted by molar-refractivity contribution is -0.592. The number of pyridine rings is 1. The first kappa shape index (κ1) is 12.0. The maximum absolute atomic E-state index is 11.8. The molecule has 0 unspecified atom stereocenters. The molecule has 1 aromatic carbocycles. The molecule has 0 radical (unpaired) electrons. The molecule has 1 aliphatic heterocycles. The van der Waals surface area contributed by atoms with E-state index < -0.39 is 0 Å². The highest BCUT2D eigenvalue weighted by atomic mass is 16.5. The van der Waals surface area contributed by atoms with E-state index in [2.05, 4.69) is 29.2 Å². The monoisotopic (exact) mass is 254 g/mol. The van der Waals surface area contributed by atoms with Gasteiger partial charge in [0.2, 0.25) is 0 Å². The molecular formula is C16H18N2O. The average Bonchev–Trinajstić information content (AvgIpc) is 2.49. The molecule has 0 bridgehead atoms. The highest BCUT2D eigenvalue weighted by Gasteiger charge is 2.27. The Morgan fingerprint density at radius 3 is 2.63 bits per heavy atom. The van der Waals surface area contributed by atoms with Gasteiger partial charge in [-0.05, 0) is 24.5 Å². The van der Waals surface area contributed by atoms with Crippen LogP contribution in [0.3, 0.4) is 0 Å². The minimum absolute atomic E-state index is 0.523. The van der Waals surface area contributed by atoms with E-state index >= 15 is 0 Å². The van der Waals surface area contributed by atoms with Crippen molar-refractivity contribution in [3.05, 3.63) is 65.5 Å². The number of aromatic nitrogens is 1. The third-order valence-corrected chi connectivity index (χ3v) is 3.82.